The van der Waals surface area contributed by atoms with E-state index in [9.17, 15) is 0 Å². The molecule has 0 radical (unpaired) electrons. The Kier molecular flexibility index (Phi) is 6.18. The number of hydrogen-bond donors (Lipinski definition) is 0. The van der Waals surface area contributed by atoms with Crippen molar-refractivity contribution in [3.63, 3.8) is 0 Å². The SMILES string of the molecule is c1ccc(-c2nc(-c3cccc4oc5ccccc5c34)nc(-c3cccc4c3c3c5cccc6c5n(c3n4-c3ccccc3)-c3ccccc3S6)n2)cc1. The Bertz CT molecular complexity index is 3310. The van der Waals surface area contributed by atoms with Gasteiger partial charge < -0.3 is 4.42 Å². The maximum absolute atomic E-state index is 6.31. The zero-order valence-electron chi connectivity index (χ0n) is 28.6. The normalized spacial score (nSPS) is 12.4. The molecular weight excluding hydrogens is 683 g/mol. The summed E-state index contributed by atoms with van der Waals surface area (Å²) in [4.78, 5) is 18.3. The molecule has 0 atom stereocenters. The second-order valence-corrected chi connectivity index (χ2v) is 14.7. The van der Waals surface area contributed by atoms with Crippen molar-refractivity contribution in [1.29, 1.82) is 0 Å². The highest BCUT2D eigenvalue weighted by molar-refractivity contribution is 7.99. The van der Waals surface area contributed by atoms with Crippen LogP contribution in [0.15, 0.2) is 178 Å². The number of fused-ring (bicyclic) bond motifs is 10. The predicted octanol–water partition coefficient (Wildman–Crippen LogP) is 12.3. The summed E-state index contributed by atoms with van der Waals surface area (Å²) < 4.78 is 11.2. The lowest BCUT2D eigenvalue weighted by Gasteiger charge is -2.21. The number of para-hydroxylation sites is 4. The van der Waals surface area contributed by atoms with Gasteiger partial charge in [-0.25, -0.2) is 15.0 Å². The molecular formula is C47H27N5OS. The smallest absolute Gasteiger partial charge is 0.164 e. The van der Waals surface area contributed by atoms with Crippen LogP contribution in [0.1, 0.15) is 0 Å². The van der Waals surface area contributed by atoms with Crippen molar-refractivity contribution in [2.75, 3.05) is 0 Å². The largest absolute Gasteiger partial charge is 0.456 e. The van der Waals surface area contributed by atoms with Gasteiger partial charge >= 0.3 is 0 Å². The van der Waals surface area contributed by atoms with Crippen LogP contribution in [0.2, 0.25) is 0 Å². The van der Waals surface area contributed by atoms with E-state index in [0.717, 1.165) is 60.9 Å². The van der Waals surface area contributed by atoms with Crippen molar-refractivity contribution in [2.45, 2.75) is 9.79 Å². The van der Waals surface area contributed by atoms with Crippen molar-refractivity contribution < 1.29 is 4.42 Å². The minimum absolute atomic E-state index is 0.597. The van der Waals surface area contributed by atoms with Crippen LogP contribution in [0.4, 0.5) is 0 Å². The summed E-state index contributed by atoms with van der Waals surface area (Å²) >= 11 is 1.83. The van der Waals surface area contributed by atoms with Crippen molar-refractivity contribution in [3.8, 4) is 45.5 Å². The summed E-state index contributed by atoms with van der Waals surface area (Å²) in [6, 6.07) is 57.0. The first kappa shape index (κ1) is 29.6. The highest BCUT2D eigenvalue weighted by Gasteiger charge is 2.29. The number of benzene rings is 7. The fourth-order valence-electron chi connectivity index (χ4n) is 8.34. The van der Waals surface area contributed by atoms with Crippen molar-refractivity contribution in [1.82, 2.24) is 24.1 Å². The van der Waals surface area contributed by atoms with Crippen molar-refractivity contribution >= 4 is 66.5 Å². The summed E-state index contributed by atoms with van der Waals surface area (Å²) in [6.45, 7) is 0. The average Bonchev–Trinajstić information content (AvgIpc) is 3.90. The van der Waals surface area contributed by atoms with Crippen molar-refractivity contribution in [2.24, 2.45) is 0 Å². The van der Waals surface area contributed by atoms with Crippen LogP contribution in [0.3, 0.4) is 0 Å². The molecule has 0 saturated heterocycles. The van der Waals surface area contributed by atoms with E-state index < -0.39 is 0 Å². The molecule has 0 N–H and O–H groups in total. The van der Waals surface area contributed by atoms with Gasteiger partial charge in [-0.3, -0.25) is 9.13 Å². The molecule has 0 saturated carbocycles. The zero-order chi connectivity index (χ0) is 35.3. The molecule has 11 aromatic rings. The maximum atomic E-state index is 6.31. The monoisotopic (exact) mass is 709 g/mol. The second-order valence-electron chi connectivity index (χ2n) is 13.6. The fourth-order valence-corrected chi connectivity index (χ4v) is 9.43. The van der Waals surface area contributed by atoms with Gasteiger partial charge in [0.15, 0.2) is 17.5 Å². The molecule has 1 aliphatic rings. The highest BCUT2D eigenvalue weighted by Crippen LogP contribution is 2.50. The molecule has 54 heavy (non-hydrogen) atoms. The Labute approximate surface area is 313 Å². The first-order valence-electron chi connectivity index (χ1n) is 18.0. The third-order valence-corrected chi connectivity index (χ3v) is 11.7. The Morgan fingerprint density at radius 1 is 0.444 bits per heavy atom. The van der Waals surface area contributed by atoms with Crippen LogP contribution in [-0.4, -0.2) is 24.1 Å². The number of hydrogen-bond acceptors (Lipinski definition) is 5. The van der Waals surface area contributed by atoms with E-state index in [0.29, 0.717) is 17.5 Å². The van der Waals surface area contributed by atoms with Gasteiger partial charge in [0.2, 0.25) is 0 Å². The van der Waals surface area contributed by atoms with Gasteiger partial charge in [0, 0.05) is 59.1 Å². The molecule has 5 heterocycles. The summed E-state index contributed by atoms with van der Waals surface area (Å²) in [7, 11) is 0. The van der Waals surface area contributed by atoms with Crippen LogP contribution >= 0.6 is 11.8 Å². The summed E-state index contributed by atoms with van der Waals surface area (Å²) in [5, 5.41) is 5.49. The third kappa shape index (κ3) is 4.15. The van der Waals surface area contributed by atoms with Gasteiger partial charge in [0.25, 0.3) is 0 Å². The van der Waals surface area contributed by atoms with Gasteiger partial charge in [0.1, 0.15) is 16.8 Å². The molecule has 0 spiro atoms. The summed E-state index contributed by atoms with van der Waals surface area (Å²) in [5.41, 5.74) is 10.1. The number of aromatic nitrogens is 5. The first-order valence-corrected chi connectivity index (χ1v) is 18.8. The fraction of sp³-hybridized carbons (Fsp3) is 0. The van der Waals surface area contributed by atoms with Crippen LogP contribution < -0.4 is 0 Å². The molecule has 0 unspecified atom stereocenters. The lowest BCUT2D eigenvalue weighted by molar-refractivity contribution is 0.669. The lowest BCUT2D eigenvalue weighted by Crippen LogP contribution is -2.05. The topological polar surface area (TPSA) is 61.7 Å². The molecule has 0 amide bonds. The summed E-state index contributed by atoms with van der Waals surface area (Å²) in [6.07, 6.45) is 0. The Balaban J connectivity index is 1.23. The molecule has 7 aromatic carbocycles. The zero-order valence-corrected chi connectivity index (χ0v) is 29.5. The Morgan fingerprint density at radius 2 is 1.07 bits per heavy atom. The number of furan rings is 1. The molecule has 4 aromatic heterocycles. The Hall–Kier alpha value is -6.96. The molecule has 7 heteroatoms. The van der Waals surface area contributed by atoms with E-state index >= 15 is 0 Å². The molecule has 0 aliphatic carbocycles. The van der Waals surface area contributed by atoms with Gasteiger partial charge in [0.05, 0.1) is 16.7 Å². The predicted molar refractivity (Wildman–Crippen MR) is 219 cm³/mol. The molecule has 12 rings (SSSR count). The molecule has 0 fully saturated rings. The number of rotatable bonds is 4. The van der Waals surface area contributed by atoms with Crippen LogP contribution in [-0.2, 0) is 0 Å². The lowest BCUT2D eigenvalue weighted by atomic mass is 10.0. The highest BCUT2D eigenvalue weighted by atomic mass is 32.2. The minimum Gasteiger partial charge on any atom is -0.456 e. The van der Waals surface area contributed by atoms with Gasteiger partial charge in [-0.15, -0.1) is 0 Å². The minimum atomic E-state index is 0.597. The number of nitrogens with zero attached hydrogens (tertiary/aromatic N) is 5. The van der Waals surface area contributed by atoms with Crippen LogP contribution in [0.25, 0.3) is 100 Å². The van der Waals surface area contributed by atoms with Gasteiger partial charge in [-0.2, -0.15) is 0 Å². The standard InChI is InChI=1S/C47H27N5OS/c1-3-14-28(15-4-1)44-48-45(32-21-12-25-37-40(32)30-18-7-9-24-36(30)53-37)50-46(49-44)33-20-11-23-35-41(33)42-31-19-13-27-39-43(31)52(34-22-8-10-26-38(34)54-39)47(42)51(35)29-16-5-2-6-17-29/h1-27H. The van der Waals surface area contributed by atoms with Crippen LogP contribution in [0.5, 0.6) is 0 Å². The van der Waals surface area contributed by atoms with Crippen LogP contribution in [0, 0.1) is 0 Å². The molecule has 0 bridgehead atoms. The van der Waals surface area contributed by atoms with E-state index in [1.165, 1.54) is 31.8 Å². The van der Waals surface area contributed by atoms with E-state index in [1.807, 2.05) is 60.3 Å². The third-order valence-electron chi connectivity index (χ3n) is 10.6. The molecule has 6 nitrogen and oxygen atoms in total. The quantitative estimate of drug-likeness (QED) is 0.182. The Morgan fingerprint density at radius 3 is 1.93 bits per heavy atom. The summed E-state index contributed by atoms with van der Waals surface area (Å²) in [5.74, 6) is 1.83. The maximum Gasteiger partial charge on any atom is 0.164 e. The van der Waals surface area contributed by atoms with Gasteiger partial charge in [-0.05, 0) is 48.5 Å². The van der Waals surface area contributed by atoms with E-state index in [-0.39, 0.29) is 0 Å². The second kappa shape index (κ2) is 11.3. The van der Waals surface area contributed by atoms with Crippen molar-refractivity contribution in [3.05, 3.63) is 164 Å². The van der Waals surface area contributed by atoms with E-state index in [1.54, 1.807) is 0 Å². The molecule has 1 aliphatic heterocycles. The molecule has 252 valence electrons. The van der Waals surface area contributed by atoms with E-state index in [4.69, 9.17) is 19.4 Å². The first-order chi connectivity index (χ1) is 26.8. The van der Waals surface area contributed by atoms with Gasteiger partial charge in [-0.1, -0.05) is 127 Å². The average molecular weight is 710 g/mol. The van der Waals surface area contributed by atoms with E-state index in [2.05, 4.69) is 124 Å².